The number of phenolic OH excluding ortho intramolecular Hbond substituents is 1. The largest absolute Gasteiger partial charge is 0.508 e. The second-order valence-corrected chi connectivity index (χ2v) is 7.87. The highest BCUT2D eigenvalue weighted by atomic mass is 16.7. The second kappa shape index (κ2) is 11.3. The first-order valence-electron chi connectivity index (χ1n) is 11.0. The molecular weight excluding hydrogens is 444 g/mol. The van der Waals surface area contributed by atoms with Gasteiger partial charge < -0.3 is 33.5 Å². The van der Waals surface area contributed by atoms with Crippen molar-refractivity contribution in [2.75, 3.05) is 19.8 Å². The van der Waals surface area contributed by atoms with Gasteiger partial charge in [-0.25, -0.2) is 9.59 Å². The minimum absolute atomic E-state index is 0.0572. The van der Waals surface area contributed by atoms with E-state index in [1.54, 1.807) is 42.5 Å². The quantitative estimate of drug-likeness (QED) is 0.386. The van der Waals surface area contributed by atoms with Crippen LogP contribution in [-0.4, -0.2) is 55.5 Å². The lowest BCUT2D eigenvalue weighted by Crippen LogP contribution is -2.38. The van der Waals surface area contributed by atoms with Gasteiger partial charge in [0.2, 0.25) is 0 Å². The molecule has 0 aliphatic carbocycles. The molecule has 4 rings (SSSR count). The van der Waals surface area contributed by atoms with Gasteiger partial charge in [0.1, 0.15) is 17.2 Å². The Morgan fingerprint density at radius 2 is 1.50 bits per heavy atom. The maximum atomic E-state index is 12.3. The summed E-state index contributed by atoms with van der Waals surface area (Å²) in [4.78, 5) is 24.4. The molecule has 2 saturated heterocycles. The SMILES string of the molecule is C[C@@H]1CCO[C@H](C(=O)Oc2cc(O)cc(/C=C/c3ccc(OC(=O)C4OCCCO4)cc3)c2)O1. The van der Waals surface area contributed by atoms with Crippen LogP contribution in [0.3, 0.4) is 0 Å². The Morgan fingerprint density at radius 1 is 0.853 bits per heavy atom. The van der Waals surface area contributed by atoms with E-state index < -0.39 is 24.5 Å². The molecule has 2 heterocycles. The van der Waals surface area contributed by atoms with Crippen LogP contribution in [0.2, 0.25) is 0 Å². The number of carbonyl (C=O) groups is 2. The summed E-state index contributed by atoms with van der Waals surface area (Å²) in [5, 5.41) is 10.0. The maximum Gasteiger partial charge on any atom is 0.368 e. The molecule has 2 fully saturated rings. The van der Waals surface area contributed by atoms with Gasteiger partial charge >= 0.3 is 11.9 Å². The number of hydrogen-bond donors (Lipinski definition) is 1. The Kier molecular flexibility index (Phi) is 7.91. The van der Waals surface area contributed by atoms with Crippen molar-refractivity contribution in [2.45, 2.75) is 38.4 Å². The van der Waals surface area contributed by atoms with Crippen LogP contribution in [0, 0.1) is 0 Å². The van der Waals surface area contributed by atoms with Crippen molar-refractivity contribution >= 4 is 24.1 Å². The number of rotatable bonds is 6. The molecule has 0 unspecified atom stereocenters. The van der Waals surface area contributed by atoms with E-state index in [-0.39, 0.29) is 17.6 Å². The molecule has 0 aromatic heterocycles. The molecule has 34 heavy (non-hydrogen) atoms. The normalized spacial score (nSPS) is 21.3. The van der Waals surface area contributed by atoms with Crippen LogP contribution >= 0.6 is 0 Å². The Balaban J connectivity index is 1.36. The third-order valence-electron chi connectivity index (χ3n) is 5.06. The van der Waals surface area contributed by atoms with Crippen molar-refractivity contribution in [3.63, 3.8) is 0 Å². The van der Waals surface area contributed by atoms with Gasteiger partial charge in [0.05, 0.1) is 25.9 Å². The minimum atomic E-state index is -1.09. The molecule has 0 amide bonds. The number of carbonyl (C=O) groups excluding carboxylic acids is 2. The van der Waals surface area contributed by atoms with E-state index in [1.165, 1.54) is 12.1 Å². The lowest BCUT2D eigenvalue weighted by molar-refractivity contribution is -0.219. The molecular formula is C25H26O9. The zero-order valence-electron chi connectivity index (χ0n) is 18.7. The Labute approximate surface area is 196 Å². The van der Waals surface area contributed by atoms with E-state index >= 15 is 0 Å². The summed E-state index contributed by atoms with van der Waals surface area (Å²) in [5.74, 6) is -0.791. The zero-order chi connectivity index (χ0) is 23.9. The van der Waals surface area contributed by atoms with Gasteiger partial charge in [0.25, 0.3) is 12.6 Å². The number of hydrogen-bond acceptors (Lipinski definition) is 9. The fourth-order valence-corrected chi connectivity index (χ4v) is 3.34. The fraction of sp³-hybridized carbons (Fsp3) is 0.360. The molecule has 9 heteroatoms. The van der Waals surface area contributed by atoms with Crippen molar-refractivity contribution < 1.29 is 43.1 Å². The smallest absolute Gasteiger partial charge is 0.368 e. The molecule has 0 bridgehead atoms. The van der Waals surface area contributed by atoms with E-state index in [0.29, 0.717) is 37.6 Å². The Bertz CT molecular complexity index is 1030. The van der Waals surface area contributed by atoms with Crippen molar-refractivity contribution in [2.24, 2.45) is 0 Å². The van der Waals surface area contributed by atoms with Crippen LogP contribution in [0.4, 0.5) is 0 Å². The van der Waals surface area contributed by atoms with Crippen molar-refractivity contribution in [1.82, 2.24) is 0 Å². The number of ether oxygens (including phenoxy) is 6. The third-order valence-corrected chi connectivity index (χ3v) is 5.06. The lowest BCUT2D eigenvalue weighted by atomic mass is 10.1. The minimum Gasteiger partial charge on any atom is -0.508 e. The predicted octanol–water partition coefficient (Wildman–Crippen LogP) is 3.29. The predicted molar refractivity (Wildman–Crippen MR) is 120 cm³/mol. The summed E-state index contributed by atoms with van der Waals surface area (Å²) in [6.45, 7) is 3.19. The average Bonchev–Trinajstić information content (AvgIpc) is 2.84. The number of aromatic hydroxyl groups is 1. The lowest BCUT2D eigenvalue weighted by Gasteiger charge is -2.26. The van der Waals surface area contributed by atoms with Gasteiger partial charge in [0, 0.05) is 6.07 Å². The van der Waals surface area contributed by atoms with Gasteiger partial charge in [-0.1, -0.05) is 24.3 Å². The highest BCUT2D eigenvalue weighted by Gasteiger charge is 2.28. The molecule has 2 aromatic carbocycles. The summed E-state index contributed by atoms with van der Waals surface area (Å²) < 4.78 is 31.8. The highest BCUT2D eigenvalue weighted by molar-refractivity contribution is 5.78. The first kappa shape index (κ1) is 23.9. The van der Waals surface area contributed by atoms with Crippen LogP contribution < -0.4 is 9.47 Å². The van der Waals surface area contributed by atoms with Crippen LogP contribution in [0.15, 0.2) is 42.5 Å². The van der Waals surface area contributed by atoms with Gasteiger partial charge in [-0.05, 0) is 55.2 Å². The van der Waals surface area contributed by atoms with Crippen molar-refractivity contribution in [3.8, 4) is 17.2 Å². The number of benzene rings is 2. The molecule has 0 radical (unpaired) electrons. The van der Waals surface area contributed by atoms with Crippen molar-refractivity contribution in [3.05, 3.63) is 53.6 Å². The summed E-state index contributed by atoms with van der Waals surface area (Å²) in [6.07, 6.45) is 2.81. The van der Waals surface area contributed by atoms with E-state index in [9.17, 15) is 14.7 Å². The molecule has 9 nitrogen and oxygen atoms in total. The highest BCUT2D eigenvalue weighted by Crippen LogP contribution is 2.25. The summed E-state index contributed by atoms with van der Waals surface area (Å²) in [5.41, 5.74) is 1.44. The van der Waals surface area contributed by atoms with E-state index in [2.05, 4.69) is 0 Å². The zero-order valence-corrected chi connectivity index (χ0v) is 18.7. The molecule has 0 spiro atoms. The molecule has 180 valence electrons. The molecule has 2 aliphatic rings. The molecule has 2 aliphatic heterocycles. The fourth-order valence-electron chi connectivity index (χ4n) is 3.34. The Hall–Kier alpha value is -3.24. The van der Waals surface area contributed by atoms with Gasteiger partial charge in [0.15, 0.2) is 0 Å². The molecule has 0 saturated carbocycles. The number of phenols is 1. The Morgan fingerprint density at radius 3 is 2.24 bits per heavy atom. The summed E-state index contributed by atoms with van der Waals surface area (Å²) in [7, 11) is 0. The van der Waals surface area contributed by atoms with Gasteiger partial charge in [-0.15, -0.1) is 0 Å². The van der Waals surface area contributed by atoms with Crippen LogP contribution in [0.1, 0.15) is 30.9 Å². The van der Waals surface area contributed by atoms with Gasteiger partial charge in [-0.3, -0.25) is 0 Å². The molecule has 2 atom stereocenters. The molecule has 2 aromatic rings. The van der Waals surface area contributed by atoms with E-state index in [1.807, 2.05) is 6.92 Å². The second-order valence-electron chi connectivity index (χ2n) is 7.87. The number of esters is 2. The van der Waals surface area contributed by atoms with Gasteiger partial charge in [-0.2, -0.15) is 0 Å². The summed E-state index contributed by atoms with van der Waals surface area (Å²) in [6, 6.07) is 11.3. The topological polar surface area (TPSA) is 110 Å². The average molecular weight is 470 g/mol. The third kappa shape index (κ3) is 6.64. The standard InChI is InChI=1S/C25H26O9/c1-16-9-12-31-25(32-16)23(28)34-21-14-18(13-19(26)15-21)4-3-17-5-7-20(8-6-17)33-22(27)24-29-10-2-11-30-24/h3-8,13-16,24-26H,2,9-12H2,1H3/b4-3+/t16-,25+/m1/s1. The maximum absolute atomic E-state index is 12.3. The monoisotopic (exact) mass is 470 g/mol. The van der Waals surface area contributed by atoms with Crippen LogP contribution in [-0.2, 0) is 28.5 Å². The van der Waals surface area contributed by atoms with Crippen molar-refractivity contribution in [1.29, 1.82) is 0 Å². The van der Waals surface area contributed by atoms with Crippen LogP contribution in [0.25, 0.3) is 12.2 Å². The first-order chi connectivity index (χ1) is 16.5. The first-order valence-corrected chi connectivity index (χ1v) is 11.0. The van der Waals surface area contributed by atoms with E-state index in [0.717, 1.165) is 12.0 Å². The molecule has 1 N–H and O–H groups in total. The van der Waals surface area contributed by atoms with Crippen LogP contribution in [0.5, 0.6) is 17.2 Å². The summed E-state index contributed by atoms with van der Waals surface area (Å²) >= 11 is 0. The van der Waals surface area contributed by atoms with E-state index in [4.69, 9.17) is 28.4 Å².